The van der Waals surface area contributed by atoms with Gasteiger partial charge in [0.25, 0.3) is 5.91 Å². The number of halogens is 1. The minimum atomic E-state index is -3.16. The molecule has 3 rings (SSSR count). The topological polar surface area (TPSA) is 75.7 Å². The van der Waals surface area contributed by atoms with Crippen LogP contribution in [0.5, 0.6) is 5.75 Å². The Morgan fingerprint density at radius 1 is 1.28 bits per heavy atom. The molecule has 1 saturated heterocycles. The van der Waals surface area contributed by atoms with E-state index in [1.807, 2.05) is 0 Å². The molecule has 29 heavy (non-hydrogen) atoms. The highest BCUT2D eigenvalue weighted by atomic mass is 35.5. The molecule has 0 saturated carbocycles. The standard InChI is InChI=1S/C21H29ClN2O4S/c1-29(26,27)24-13-10-18(11-14-24)28-20-8-7-17(15-19(20)22)21(25)23-12-9-16-5-3-2-4-6-16/h5,7-8,15,18H,2-4,6,9-14H2,1H3,(H,23,25). The van der Waals surface area contributed by atoms with Gasteiger partial charge in [0.15, 0.2) is 0 Å². The maximum atomic E-state index is 12.4. The van der Waals surface area contributed by atoms with E-state index in [2.05, 4.69) is 11.4 Å². The normalized spacial score (nSPS) is 18.9. The summed E-state index contributed by atoms with van der Waals surface area (Å²) < 4.78 is 30.6. The van der Waals surface area contributed by atoms with Crippen LogP contribution in [-0.2, 0) is 10.0 Å². The third-order valence-electron chi connectivity index (χ3n) is 5.47. The molecule has 0 spiro atoms. The molecular formula is C21H29ClN2O4S. The average molecular weight is 441 g/mol. The molecular weight excluding hydrogens is 412 g/mol. The Labute approximate surface area is 178 Å². The smallest absolute Gasteiger partial charge is 0.251 e. The van der Waals surface area contributed by atoms with Gasteiger partial charge in [-0.1, -0.05) is 23.3 Å². The number of piperidine rings is 1. The minimum absolute atomic E-state index is 0.0889. The molecule has 0 aromatic heterocycles. The Morgan fingerprint density at radius 2 is 2.03 bits per heavy atom. The van der Waals surface area contributed by atoms with Gasteiger partial charge < -0.3 is 10.1 Å². The molecule has 1 aliphatic carbocycles. The predicted octanol–water partition coefficient (Wildman–Crippen LogP) is 3.76. The van der Waals surface area contributed by atoms with Crippen molar-refractivity contribution < 1.29 is 17.9 Å². The van der Waals surface area contributed by atoms with E-state index in [1.54, 1.807) is 18.2 Å². The molecule has 0 bridgehead atoms. The molecule has 1 aliphatic heterocycles. The lowest BCUT2D eigenvalue weighted by molar-refractivity contribution is 0.0954. The molecule has 1 heterocycles. The highest BCUT2D eigenvalue weighted by Crippen LogP contribution is 2.29. The van der Waals surface area contributed by atoms with Gasteiger partial charge in [-0.05, 0) is 63.1 Å². The number of allylic oxidation sites excluding steroid dienone is 1. The summed E-state index contributed by atoms with van der Waals surface area (Å²) in [6.07, 6.45) is 10.3. The van der Waals surface area contributed by atoms with Crippen LogP contribution in [0, 0.1) is 0 Å². The summed E-state index contributed by atoms with van der Waals surface area (Å²) in [5.74, 6) is 0.379. The molecule has 1 aromatic carbocycles. The van der Waals surface area contributed by atoms with Crippen molar-refractivity contribution >= 4 is 27.5 Å². The molecule has 0 unspecified atom stereocenters. The minimum Gasteiger partial charge on any atom is -0.489 e. The van der Waals surface area contributed by atoms with Crippen LogP contribution in [0.25, 0.3) is 0 Å². The predicted molar refractivity (Wildman–Crippen MR) is 115 cm³/mol. The van der Waals surface area contributed by atoms with Crippen LogP contribution < -0.4 is 10.1 Å². The summed E-state index contributed by atoms with van der Waals surface area (Å²) >= 11 is 6.33. The van der Waals surface area contributed by atoms with Crippen molar-refractivity contribution in [2.24, 2.45) is 0 Å². The monoisotopic (exact) mass is 440 g/mol. The summed E-state index contributed by atoms with van der Waals surface area (Å²) in [5, 5.41) is 3.34. The van der Waals surface area contributed by atoms with E-state index in [1.165, 1.54) is 29.0 Å². The van der Waals surface area contributed by atoms with Gasteiger partial charge in [0, 0.05) is 25.2 Å². The fourth-order valence-electron chi connectivity index (χ4n) is 3.77. The van der Waals surface area contributed by atoms with Crippen molar-refractivity contribution in [3.05, 3.63) is 40.4 Å². The van der Waals surface area contributed by atoms with Crippen molar-refractivity contribution in [1.82, 2.24) is 9.62 Å². The first-order valence-corrected chi connectivity index (χ1v) is 12.4. The van der Waals surface area contributed by atoms with Crippen molar-refractivity contribution in [3.63, 3.8) is 0 Å². The van der Waals surface area contributed by atoms with E-state index in [4.69, 9.17) is 16.3 Å². The molecule has 0 radical (unpaired) electrons. The molecule has 2 aliphatic rings. The molecule has 8 heteroatoms. The zero-order chi connectivity index (χ0) is 20.9. The molecule has 1 fully saturated rings. The quantitative estimate of drug-likeness (QED) is 0.655. The van der Waals surface area contributed by atoms with Crippen LogP contribution in [0.4, 0.5) is 0 Å². The fourth-order valence-corrected chi connectivity index (χ4v) is 4.87. The number of rotatable bonds is 7. The number of sulfonamides is 1. The number of carbonyl (C=O) groups excluding carboxylic acids is 1. The van der Waals surface area contributed by atoms with Crippen molar-refractivity contribution in [1.29, 1.82) is 0 Å². The van der Waals surface area contributed by atoms with Crippen LogP contribution in [0.3, 0.4) is 0 Å². The van der Waals surface area contributed by atoms with Gasteiger partial charge in [-0.3, -0.25) is 4.79 Å². The Bertz CT molecular complexity index is 861. The molecule has 1 N–H and O–H groups in total. The SMILES string of the molecule is CS(=O)(=O)N1CCC(Oc2ccc(C(=O)NCCC3=CCCCC3)cc2Cl)CC1. The average Bonchev–Trinajstić information content (AvgIpc) is 2.70. The summed E-state index contributed by atoms with van der Waals surface area (Å²) in [6, 6.07) is 5.05. The van der Waals surface area contributed by atoms with Crippen LogP contribution >= 0.6 is 11.6 Å². The molecule has 0 atom stereocenters. The second-order valence-electron chi connectivity index (χ2n) is 7.74. The molecule has 1 aromatic rings. The zero-order valence-corrected chi connectivity index (χ0v) is 18.4. The maximum absolute atomic E-state index is 12.4. The lowest BCUT2D eigenvalue weighted by Gasteiger charge is -2.30. The fraction of sp³-hybridized carbons (Fsp3) is 0.571. The Kier molecular flexibility index (Phi) is 7.60. The van der Waals surface area contributed by atoms with E-state index in [-0.39, 0.29) is 12.0 Å². The summed E-state index contributed by atoms with van der Waals surface area (Å²) in [6.45, 7) is 1.51. The number of nitrogens with zero attached hydrogens (tertiary/aromatic N) is 1. The second kappa shape index (κ2) is 9.96. The first-order valence-electron chi connectivity index (χ1n) is 10.2. The second-order valence-corrected chi connectivity index (χ2v) is 10.1. The summed E-state index contributed by atoms with van der Waals surface area (Å²) in [5.41, 5.74) is 1.94. The summed E-state index contributed by atoms with van der Waals surface area (Å²) in [4.78, 5) is 12.4. The van der Waals surface area contributed by atoms with Gasteiger partial charge in [0.2, 0.25) is 10.0 Å². The van der Waals surface area contributed by atoms with Crippen LogP contribution in [-0.4, -0.2) is 50.6 Å². The van der Waals surface area contributed by atoms with E-state index < -0.39 is 10.0 Å². The van der Waals surface area contributed by atoms with Crippen LogP contribution in [0.15, 0.2) is 29.8 Å². The van der Waals surface area contributed by atoms with Gasteiger partial charge in [-0.25, -0.2) is 12.7 Å². The number of carbonyl (C=O) groups is 1. The van der Waals surface area contributed by atoms with Crippen molar-refractivity contribution in [2.75, 3.05) is 25.9 Å². The first-order chi connectivity index (χ1) is 13.8. The Hall–Kier alpha value is -1.57. The van der Waals surface area contributed by atoms with Crippen molar-refractivity contribution in [3.8, 4) is 5.75 Å². The van der Waals surface area contributed by atoms with Gasteiger partial charge in [-0.2, -0.15) is 0 Å². The van der Waals surface area contributed by atoms with Gasteiger partial charge >= 0.3 is 0 Å². The number of hydrogen-bond donors (Lipinski definition) is 1. The highest BCUT2D eigenvalue weighted by molar-refractivity contribution is 7.88. The van der Waals surface area contributed by atoms with Gasteiger partial charge in [0.05, 0.1) is 11.3 Å². The molecule has 1 amide bonds. The van der Waals surface area contributed by atoms with Crippen LogP contribution in [0.1, 0.15) is 55.3 Å². The van der Waals surface area contributed by atoms with E-state index in [0.29, 0.717) is 48.8 Å². The number of hydrogen-bond acceptors (Lipinski definition) is 4. The van der Waals surface area contributed by atoms with Crippen molar-refractivity contribution in [2.45, 2.75) is 51.0 Å². The molecule has 160 valence electrons. The Morgan fingerprint density at radius 3 is 2.66 bits per heavy atom. The molecule has 6 nitrogen and oxygen atoms in total. The third-order valence-corrected chi connectivity index (χ3v) is 7.07. The number of nitrogens with one attached hydrogen (secondary N) is 1. The maximum Gasteiger partial charge on any atom is 0.251 e. The lowest BCUT2D eigenvalue weighted by atomic mass is 9.97. The zero-order valence-electron chi connectivity index (χ0n) is 16.8. The van der Waals surface area contributed by atoms with Crippen LogP contribution in [0.2, 0.25) is 5.02 Å². The van der Waals surface area contributed by atoms with Gasteiger partial charge in [0.1, 0.15) is 11.9 Å². The third kappa shape index (κ3) is 6.46. The van der Waals surface area contributed by atoms with E-state index >= 15 is 0 Å². The van der Waals surface area contributed by atoms with E-state index in [9.17, 15) is 13.2 Å². The summed E-state index contributed by atoms with van der Waals surface area (Å²) in [7, 11) is -3.16. The largest absolute Gasteiger partial charge is 0.489 e. The lowest BCUT2D eigenvalue weighted by Crippen LogP contribution is -2.41. The number of amides is 1. The van der Waals surface area contributed by atoms with E-state index in [0.717, 1.165) is 19.3 Å². The first kappa shape index (κ1) is 22.1. The Balaban J connectivity index is 1.49. The number of ether oxygens (including phenoxy) is 1. The number of benzene rings is 1. The van der Waals surface area contributed by atoms with Gasteiger partial charge in [-0.15, -0.1) is 0 Å². The highest BCUT2D eigenvalue weighted by Gasteiger charge is 2.26.